The van der Waals surface area contributed by atoms with Crippen molar-refractivity contribution in [3.63, 3.8) is 0 Å². The summed E-state index contributed by atoms with van der Waals surface area (Å²) in [6.45, 7) is 0.909. The molecule has 1 saturated carbocycles. The number of rotatable bonds is 0. The minimum atomic E-state index is -1.58. The van der Waals surface area contributed by atoms with Crippen LogP contribution in [0, 0.1) is 11.3 Å². The van der Waals surface area contributed by atoms with Crippen molar-refractivity contribution < 1.29 is 14.9 Å². The molecule has 1 saturated heterocycles. The molecule has 1 unspecified atom stereocenters. The normalized spacial score (nSPS) is 53.8. The molecular formula is C17H19Cl2NO3. The van der Waals surface area contributed by atoms with Gasteiger partial charge in [-0.1, -0.05) is 35.4 Å². The molecule has 0 aromatic heterocycles. The third-order valence-electron chi connectivity index (χ3n) is 6.47. The quantitative estimate of drug-likeness (QED) is 0.516. The summed E-state index contributed by atoms with van der Waals surface area (Å²) in [5, 5.41) is 18.2. The van der Waals surface area contributed by atoms with E-state index in [1.165, 1.54) is 5.57 Å². The first-order valence-corrected chi connectivity index (χ1v) is 8.86. The number of halogens is 2. The van der Waals surface area contributed by atoms with Crippen LogP contribution >= 0.6 is 23.2 Å². The molecule has 124 valence electrons. The van der Waals surface area contributed by atoms with Crippen LogP contribution in [0.5, 0.6) is 0 Å². The first-order valence-electron chi connectivity index (χ1n) is 8.11. The van der Waals surface area contributed by atoms with Gasteiger partial charge in [0.2, 0.25) is 0 Å². The molecule has 4 nitrogen and oxygen atoms in total. The van der Waals surface area contributed by atoms with Crippen LogP contribution in [-0.4, -0.2) is 51.0 Å². The predicted molar refractivity (Wildman–Crippen MR) is 86.9 cm³/mol. The maximum Gasteiger partial charge on any atom is 0.200 e. The third kappa shape index (κ3) is 1.60. The number of hydrogen-bond acceptors (Lipinski definition) is 4. The predicted octanol–water partition coefficient (Wildman–Crippen LogP) is 2.10. The number of hydrogen-bond donors (Lipinski definition) is 2. The summed E-state index contributed by atoms with van der Waals surface area (Å²) in [7, 11) is 2.15. The maximum absolute atomic E-state index is 10.7. The van der Waals surface area contributed by atoms with Gasteiger partial charge in [0.05, 0.1) is 0 Å². The van der Waals surface area contributed by atoms with Gasteiger partial charge in [-0.05, 0) is 38.1 Å². The molecule has 6 atom stereocenters. The standard InChI is InChI=1S/C17H19Cl2NO3/c1-20-7-6-15-10-3-5-17(19,22)14(15)23-13-12(15)9(8-11(10)20)2-4-16(13,18)21/h2-3,5,10-11,14,21-22H,4,6-8H2,1H3/t10-,11+,14+,15-,16?,17-/m0/s1. The van der Waals surface area contributed by atoms with Crippen molar-refractivity contribution in [3.05, 3.63) is 35.1 Å². The van der Waals surface area contributed by atoms with Gasteiger partial charge >= 0.3 is 0 Å². The second-order valence-electron chi connectivity index (χ2n) is 7.55. The van der Waals surface area contributed by atoms with E-state index in [0.717, 1.165) is 25.0 Å². The number of likely N-dealkylation sites (tertiary alicyclic amines) is 1. The highest BCUT2D eigenvalue weighted by atomic mass is 35.5. The Morgan fingerprint density at radius 1 is 1.35 bits per heavy atom. The Labute approximate surface area is 145 Å². The number of alkyl halides is 2. The third-order valence-corrected chi connectivity index (χ3v) is 7.12. The Morgan fingerprint density at radius 3 is 2.91 bits per heavy atom. The zero-order chi connectivity index (χ0) is 16.2. The van der Waals surface area contributed by atoms with Gasteiger partial charge in [0.25, 0.3) is 0 Å². The monoisotopic (exact) mass is 355 g/mol. The Balaban J connectivity index is 1.80. The molecule has 2 N–H and O–H groups in total. The van der Waals surface area contributed by atoms with Gasteiger partial charge in [-0.15, -0.1) is 0 Å². The van der Waals surface area contributed by atoms with Gasteiger partial charge in [-0.2, -0.15) is 0 Å². The lowest BCUT2D eigenvalue weighted by molar-refractivity contribution is -0.111. The number of piperidine rings is 1. The van der Waals surface area contributed by atoms with E-state index in [-0.39, 0.29) is 5.92 Å². The van der Waals surface area contributed by atoms with Crippen molar-refractivity contribution >= 4 is 23.2 Å². The lowest BCUT2D eigenvalue weighted by atomic mass is 9.51. The van der Waals surface area contributed by atoms with Crippen molar-refractivity contribution in [2.24, 2.45) is 11.3 Å². The average molecular weight is 356 g/mol. The van der Waals surface area contributed by atoms with Crippen LogP contribution in [-0.2, 0) is 4.74 Å². The molecule has 6 heteroatoms. The first kappa shape index (κ1) is 14.8. The van der Waals surface area contributed by atoms with E-state index in [1.54, 1.807) is 6.08 Å². The second kappa shape index (κ2) is 4.17. The van der Waals surface area contributed by atoms with Gasteiger partial charge in [-0.25, -0.2) is 0 Å². The molecule has 2 aliphatic heterocycles. The maximum atomic E-state index is 10.7. The highest BCUT2D eigenvalue weighted by molar-refractivity contribution is 6.25. The molecule has 2 heterocycles. The molecule has 5 rings (SSSR count). The van der Waals surface area contributed by atoms with Crippen LogP contribution in [0.25, 0.3) is 0 Å². The van der Waals surface area contributed by atoms with E-state index in [9.17, 15) is 10.2 Å². The molecular weight excluding hydrogens is 337 g/mol. The lowest BCUT2D eigenvalue weighted by Crippen LogP contribution is -2.64. The summed E-state index contributed by atoms with van der Waals surface area (Å²) in [6, 6.07) is 0.356. The number of aliphatic hydroxyl groups is 2. The van der Waals surface area contributed by atoms with Crippen molar-refractivity contribution in [1.29, 1.82) is 0 Å². The van der Waals surface area contributed by atoms with Gasteiger partial charge < -0.3 is 19.8 Å². The Hall–Kier alpha value is -0.520. The molecule has 2 bridgehead atoms. The topological polar surface area (TPSA) is 52.9 Å². The highest BCUT2D eigenvalue weighted by Gasteiger charge is 2.70. The molecule has 3 aliphatic carbocycles. The van der Waals surface area contributed by atoms with E-state index in [1.807, 2.05) is 12.2 Å². The number of ether oxygens (including phenoxy) is 1. The van der Waals surface area contributed by atoms with Crippen molar-refractivity contribution in [2.45, 2.75) is 41.5 Å². The summed E-state index contributed by atoms with van der Waals surface area (Å²) < 4.78 is 6.10. The van der Waals surface area contributed by atoms with Gasteiger partial charge in [-0.3, -0.25) is 0 Å². The summed E-state index contributed by atoms with van der Waals surface area (Å²) in [4.78, 5) is 2.38. The average Bonchev–Trinajstić information content (AvgIpc) is 2.84. The molecule has 0 radical (unpaired) electrons. The highest BCUT2D eigenvalue weighted by Crippen LogP contribution is 2.67. The number of nitrogens with zero attached hydrogens (tertiary/aromatic N) is 1. The molecule has 0 aromatic carbocycles. The Morgan fingerprint density at radius 2 is 2.13 bits per heavy atom. The fraction of sp³-hybridized carbons (Fsp3) is 0.647. The molecule has 5 aliphatic rings. The van der Waals surface area contributed by atoms with Gasteiger partial charge in [0.1, 0.15) is 5.76 Å². The molecule has 23 heavy (non-hydrogen) atoms. The minimum absolute atomic E-state index is 0.209. The minimum Gasteiger partial charge on any atom is -0.484 e. The molecule has 0 amide bonds. The van der Waals surface area contributed by atoms with Crippen molar-refractivity contribution in [1.82, 2.24) is 4.90 Å². The first-order chi connectivity index (χ1) is 10.8. The summed E-state index contributed by atoms with van der Waals surface area (Å²) in [6.07, 6.45) is 7.18. The van der Waals surface area contributed by atoms with Crippen LogP contribution in [0.2, 0.25) is 0 Å². The fourth-order valence-electron chi connectivity index (χ4n) is 5.48. The van der Waals surface area contributed by atoms with Crippen LogP contribution in [0.4, 0.5) is 0 Å². The lowest BCUT2D eigenvalue weighted by Gasteiger charge is -2.59. The van der Waals surface area contributed by atoms with Crippen LogP contribution < -0.4 is 0 Å². The van der Waals surface area contributed by atoms with Gasteiger partial charge in [0, 0.05) is 29.4 Å². The largest absolute Gasteiger partial charge is 0.484 e. The van der Waals surface area contributed by atoms with E-state index in [4.69, 9.17) is 27.9 Å². The molecule has 1 spiro atoms. The van der Waals surface area contributed by atoms with E-state index in [2.05, 4.69) is 11.9 Å². The Kier molecular flexibility index (Phi) is 2.68. The SMILES string of the molecule is CN1CC[C@]23C4=C5O[C@H]2[C@](O)(Cl)C=C[C@H]3[C@H]1CC4=CCC5(O)Cl. The zero-order valence-corrected chi connectivity index (χ0v) is 14.3. The molecule has 2 fully saturated rings. The van der Waals surface area contributed by atoms with Gasteiger partial charge in [0.15, 0.2) is 16.2 Å². The zero-order valence-electron chi connectivity index (χ0n) is 12.8. The fourth-order valence-corrected chi connectivity index (χ4v) is 6.00. The van der Waals surface area contributed by atoms with Crippen LogP contribution in [0.3, 0.4) is 0 Å². The van der Waals surface area contributed by atoms with E-state index >= 15 is 0 Å². The van der Waals surface area contributed by atoms with Crippen LogP contribution in [0.15, 0.2) is 35.1 Å². The summed E-state index contributed by atoms with van der Waals surface area (Å²) >= 11 is 12.7. The van der Waals surface area contributed by atoms with Crippen molar-refractivity contribution in [3.8, 4) is 0 Å². The van der Waals surface area contributed by atoms with E-state index in [0.29, 0.717) is 18.2 Å². The molecule has 0 aromatic rings. The Bertz CT molecular complexity index is 696. The van der Waals surface area contributed by atoms with Crippen LogP contribution in [0.1, 0.15) is 19.3 Å². The smallest absolute Gasteiger partial charge is 0.200 e. The second-order valence-corrected chi connectivity index (χ2v) is 8.78. The summed E-state index contributed by atoms with van der Waals surface area (Å²) in [5.41, 5.74) is 1.80. The van der Waals surface area contributed by atoms with E-state index < -0.39 is 21.6 Å². The summed E-state index contributed by atoms with van der Waals surface area (Å²) in [5.74, 6) is 0.623. The van der Waals surface area contributed by atoms with Crippen molar-refractivity contribution in [2.75, 3.05) is 13.6 Å².